The van der Waals surface area contributed by atoms with Gasteiger partial charge in [0.1, 0.15) is 22.5 Å². The molecule has 0 saturated carbocycles. The van der Waals surface area contributed by atoms with Gasteiger partial charge in [0, 0.05) is 16.3 Å². The summed E-state index contributed by atoms with van der Waals surface area (Å²) in [7, 11) is 0. The fourth-order valence-corrected chi connectivity index (χ4v) is 6.06. The second-order valence-corrected chi connectivity index (χ2v) is 10.3. The third-order valence-corrected chi connectivity index (χ3v) is 7.92. The third kappa shape index (κ3) is 3.39. The van der Waals surface area contributed by atoms with Gasteiger partial charge in [-0.05, 0) is 68.1 Å². The van der Waals surface area contributed by atoms with Crippen molar-refractivity contribution in [1.29, 1.82) is 0 Å². The Morgan fingerprint density at radius 1 is 0.452 bits per heavy atom. The summed E-state index contributed by atoms with van der Waals surface area (Å²) < 4.78 is 83.2. The third-order valence-electron chi connectivity index (χ3n) is 7.92. The monoisotopic (exact) mass is 544 g/mol. The van der Waals surface area contributed by atoms with Crippen LogP contribution in [0, 0.1) is 0 Å². The van der Waals surface area contributed by atoms with Crippen molar-refractivity contribution in [1.82, 2.24) is 0 Å². The van der Waals surface area contributed by atoms with Crippen molar-refractivity contribution in [2.24, 2.45) is 0 Å². The largest absolute Gasteiger partial charge is 0.456 e. The van der Waals surface area contributed by atoms with Crippen LogP contribution in [0.1, 0.15) is 11.0 Å². The standard InChI is InChI=1S/C40H24O2/c1-2-10-26(11-3-1)37-29-12-4-6-14-31(29)38(32-15-7-5-13-30(32)37)27-20-18-25(19-21-27)36-24-28-22-23-35-39(40(28)42-36)33-16-8-9-17-34(33)41-35/h1-24H/i4D,5D,6D,7D,12D,13D,14D,15D. The molecule has 0 unspecified atom stereocenters. The number of fused-ring (bicyclic) bond motifs is 7. The van der Waals surface area contributed by atoms with E-state index in [0.717, 1.165) is 32.9 Å². The van der Waals surface area contributed by atoms with Crippen LogP contribution in [0.15, 0.2) is 154 Å². The van der Waals surface area contributed by atoms with Crippen molar-refractivity contribution in [2.75, 3.05) is 0 Å². The molecule has 9 aromatic rings. The summed E-state index contributed by atoms with van der Waals surface area (Å²) in [5, 5.41) is 3.48. The summed E-state index contributed by atoms with van der Waals surface area (Å²) in [6, 6.07) is 27.0. The highest BCUT2D eigenvalue weighted by atomic mass is 16.3. The topological polar surface area (TPSA) is 26.3 Å². The molecule has 2 aromatic heterocycles. The molecule has 0 amide bonds. The van der Waals surface area contributed by atoms with Gasteiger partial charge < -0.3 is 8.83 Å². The summed E-state index contributed by atoms with van der Waals surface area (Å²) in [4.78, 5) is 0. The minimum atomic E-state index is -0.431. The highest BCUT2D eigenvalue weighted by molar-refractivity contribution is 6.21. The van der Waals surface area contributed by atoms with E-state index in [4.69, 9.17) is 19.8 Å². The van der Waals surface area contributed by atoms with Gasteiger partial charge >= 0.3 is 0 Å². The Morgan fingerprint density at radius 3 is 1.69 bits per heavy atom. The van der Waals surface area contributed by atoms with Gasteiger partial charge in [0.2, 0.25) is 0 Å². The maximum atomic E-state index is 9.11. The van der Waals surface area contributed by atoms with Crippen LogP contribution in [0.5, 0.6) is 0 Å². The number of para-hydroxylation sites is 1. The zero-order valence-corrected chi connectivity index (χ0v) is 22.1. The summed E-state index contributed by atoms with van der Waals surface area (Å²) >= 11 is 0. The highest BCUT2D eigenvalue weighted by Gasteiger charge is 2.18. The smallest absolute Gasteiger partial charge is 0.146 e. The number of hydrogen-bond donors (Lipinski definition) is 0. The molecule has 0 saturated heterocycles. The zero-order valence-electron chi connectivity index (χ0n) is 30.1. The summed E-state index contributed by atoms with van der Waals surface area (Å²) in [6.07, 6.45) is 0. The predicted molar refractivity (Wildman–Crippen MR) is 175 cm³/mol. The van der Waals surface area contributed by atoms with Crippen LogP contribution in [0.25, 0.3) is 88.0 Å². The van der Waals surface area contributed by atoms with E-state index in [-0.39, 0.29) is 45.7 Å². The maximum absolute atomic E-state index is 9.11. The van der Waals surface area contributed by atoms with Gasteiger partial charge in [-0.2, -0.15) is 0 Å². The van der Waals surface area contributed by atoms with Crippen LogP contribution in [0.2, 0.25) is 0 Å². The minimum Gasteiger partial charge on any atom is -0.456 e. The molecule has 0 radical (unpaired) electrons. The van der Waals surface area contributed by atoms with E-state index in [1.807, 2.05) is 60.7 Å². The first kappa shape index (κ1) is 16.6. The lowest BCUT2D eigenvalue weighted by molar-refractivity contribution is 0.633. The Labute approximate surface area is 253 Å². The van der Waals surface area contributed by atoms with Crippen LogP contribution < -0.4 is 0 Å². The van der Waals surface area contributed by atoms with Crippen LogP contribution in [-0.4, -0.2) is 0 Å². The fourth-order valence-electron chi connectivity index (χ4n) is 6.06. The molecule has 2 heteroatoms. The van der Waals surface area contributed by atoms with E-state index in [0.29, 0.717) is 33.6 Å². The minimum absolute atomic E-state index is 0.179. The molecule has 0 spiro atoms. The van der Waals surface area contributed by atoms with Crippen molar-refractivity contribution in [3.8, 4) is 33.6 Å². The van der Waals surface area contributed by atoms with E-state index >= 15 is 0 Å². The van der Waals surface area contributed by atoms with Crippen LogP contribution in [0.3, 0.4) is 0 Å². The second kappa shape index (κ2) is 8.95. The van der Waals surface area contributed by atoms with E-state index < -0.39 is 24.2 Å². The molecule has 2 nitrogen and oxygen atoms in total. The SMILES string of the molecule is [2H]c1c([2H])c([2H])c2c(-c3ccc(-c4cc5ccc6oc7ccccc7c6c5o4)cc3)c3c([2H])c([2H])c([2H])c([2H])c3c(-c3ccccc3)c2c1[2H]. The Bertz CT molecular complexity index is 2810. The van der Waals surface area contributed by atoms with E-state index in [9.17, 15) is 0 Å². The molecule has 0 aliphatic carbocycles. The molecule has 0 aliphatic heterocycles. The molecule has 0 fully saturated rings. The quantitative estimate of drug-likeness (QED) is 0.207. The Balaban J connectivity index is 1.34. The van der Waals surface area contributed by atoms with E-state index in [1.165, 1.54) is 0 Å². The lowest BCUT2D eigenvalue weighted by Crippen LogP contribution is -1.90. The lowest BCUT2D eigenvalue weighted by Gasteiger charge is -2.17. The molecule has 0 N–H and O–H groups in total. The van der Waals surface area contributed by atoms with Crippen LogP contribution in [-0.2, 0) is 0 Å². The first-order valence-electron chi connectivity index (χ1n) is 17.6. The molecule has 9 rings (SSSR count). The van der Waals surface area contributed by atoms with E-state index in [2.05, 4.69) is 0 Å². The molecular weight excluding hydrogens is 512 g/mol. The molecule has 42 heavy (non-hydrogen) atoms. The first-order valence-corrected chi connectivity index (χ1v) is 13.6. The first-order chi connectivity index (χ1) is 24.2. The van der Waals surface area contributed by atoms with Crippen molar-refractivity contribution in [2.45, 2.75) is 0 Å². The van der Waals surface area contributed by atoms with Gasteiger partial charge in [-0.1, -0.05) is 121 Å². The second-order valence-electron chi connectivity index (χ2n) is 10.3. The van der Waals surface area contributed by atoms with Gasteiger partial charge in [0.15, 0.2) is 0 Å². The van der Waals surface area contributed by atoms with Gasteiger partial charge in [0.05, 0.1) is 16.4 Å². The molecule has 0 aliphatic rings. The molecule has 196 valence electrons. The van der Waals surface area contributed by atoms with Crippen molar-refractivity contribution in [3.05, 3.63) is 145 Å². The number of benzene rings is 7. The van der Waals surface area contributed by atoms with Crippen LogP contribution >= 0.6 is 0 Å². The predicted octanol–water partition coefficient (Wildman–Crippen LogP) is 11.6. The Kier molecular flexibility index (Phi) is 3.54. The van der Waals surface area contributed by atoms with Crippen molar-refractivity contribution >= 4 is 54.5 Å². The lowest BCUT2D eigenvalue weighted by atomic mass is 9.86. The van der Waals surface area contributed by atoms with Crippen LogP contribution in [0.4, 0.5) is 0 Å². The number of rotatable bonds is 3. The molecule has 7 aromatic carbocycles. The molecule has 0 atom stereocenters. The van der Waals surface area contributed by atoms with Gasteiger partial charge in [-0.25, -0.2) is 0 Å². The maximum Gasteiger partial charge on any atom is 0.146 e. The van der Waals surface area contributed by atoms with Gasteiger partial charge in [0.25, 0.3) is 0 Å². The number of furan rings is 2. The average molecular weight is 545 g/mol. The zero-order chi connectivity index (χ0) is 34.6. The molecule has 0 bridgehead atoms. The molecular formula is C40H24O2. The fraction of sp³-hybridized carbons (Fsp3) is 0. The summed E-state index contributed by atoms with van der Waals surface area (Å²) in [5.41, 5.74) is 4.68. The van der Waals surface area contributed by atoms with Crippen molar-refractivity contribution in [3.63, 3.8) is 0 Å². The Hall–Kier alpha value is -5.60. The summed E-state index contributed by atoms with van der Waals surface area (Å²) in [5.74, 6) is 0.613. The molecule has 2 heterocycles. The normalized spacial score (nSPS) is 14.5. The van der Waals surface area contributed by atoms with Gasteiger partial charge in [-0.3, -0.25) is 0 Å². The Morgan fingerprint density at radius 2 is 1.02 bits per heavy atom. The van der Waals surface area contributed by atoms with Crippen molar-refractivity contribution < 1.29 is 19.8 Å². The average Bonchev–Trinajstić information content (AvgIpc) is 3.75. The number of hydrogen-bond acceptors (Lipinski definition) is 2. The van der Waals surface area contributed by atoms with E-state index in [1.54, 1.807) is 36.4 Å². The highest BCUT2D eigenvalue weighted by Crippen LogP contribution is 2.44. The summed E-state index contributed by atoms with van der Waals surface area (Å²) in [6.45, 7) is 0. The van der Waals surface area contributed by atoms with Gasteiger partial charge in [-0.15, -0.1) is 0 Å².